The van der Waals surface area contributed by atoms with Gasteiger partial charge in [0.2, 0.25) is 0 Å². The highest BCUT2D eigenvalue weighted by molar-refractivity contribution is 7.98. The number of benzene rings is 1. The van der Waals surface area contributed by atoms with Gasteiger partial charge in [0.25, 0.3) is 0 Å². The van der Waals surface area contributed by atoms with E-state index in [1.807, 2.05) is 39.2 Å². The second-order valence-corrected chi connectivity index (χ2v) is 8.87. The van der Waals surface area contributed by atoms with E-state index in [2.05, 4.69) is 0 Å². The normalized spacial score (nSPS) is 19.6. The van der Waals surface area contributed by atoms with E-state index in [0.29, 0.717) is 11.3 Å². The van der Waals surface area contributed by atoms with Crippen LogP contribution in [0.4, 0.5) is 4.79 Å². The molecule has 0 aliphatic heterocycles. The maximum Gasteiger partial charge on any atom is 0.410 e. The van der Waals surface area contributed by atoms with Crippen LogP contribution in [0.1, 0.15) is 56.8 Å². The molecule has 0 aromatic heterocycles. The smallest absolute Gasteiger partial charge is 0.410 e. The molecular formula is C21H31NO5S. The van der Waals surface area contributed by atoms with Gasteiger partial charge in [-0.2, -0.15) is 0 Å². The van der Waals surface area contributed by atoms with Gasteiger partial charge in [0.1, 0.15) is 16.9 Å². The third-order valence-electron chi connectivity index (χ3n) is 4.76. The fourth-order valence-corrected chi connectivity index (χ4v) is 3.65. The van der Waals surface area contributed by atoms with Crippen molar-refractivity contribution in [2.45, 2.75) is 69.1 Å². The van der Waals surface area contributed by atoms with Gasteiger partial charge in [-0.25, -0.2) is 9.59 Å². The first-order chi connectivity index (χ1) is 13.1. The number of thioether (sulfide) groups is 1. The summed E-state index contributed by atoms with van der Waals surface area (Å²) in [4.78, 5) is 27.0. The molecule has 0 unspecified atom stereocenters. The summed E-state index contributed by atoms with van der Waals surface area (Å²) in [5.74, 6) is 0.156. The van der Waals surface area contributed by atoms with Gasteiger partial charge >= 0.3 is 12.1 Å². The summed E-state index contributed by atoms with van der Waals surface area (Å²) in [6.07, 6.45) is 4.96. The number of esters is 1. The molecule has 0 bridgehead atoms. The fourth-order valence-electron chi connectivity index (χ4n) is 3.22. The summed E-state index contributed by atoms with van der Waals surface area (Å²) in [6.45, 7) is 5.60. The Morgan fingerprint density at radius 1 is 1.14 bits per heavy atom. The van der Waals surface area contributed by atoms with E-state index in [1.165, 1.54) is 7.11 Å². The standard InChI is InChI=1S/C21H31NO5S/c1-21(2,3)27-20(24)22(4)14-7-9-15(10-8-14)26-18-13-16(28-6)11-12-17(18)19(23)25-5/h11-15H,7-10H2,1-6H3/t14-,15+. The van der Waals surface area contributed by atoms with Gasteiger partial charge < -0.3 is 19.1 Å². The molecule has 1 saturated carbocycles. The van der Waals surface area contributed by atoms with Crippen molar-refractivity contribution in [3.8, 4) is 5.75 Å². The maximum absolute atomic E-state index is 12.3. The number of amides is 1. The topological polar surface area (TPSA) is 65.1 Å². The van der Waals surface area contributed by atoms with Gasteiger partial charge in [0.05, 0.1) is 13.2 Å². The number of hydrogen-bond acceptors (Lipinski definition) is 6. The van der Waals surface area contributed by atoms with Crippen LogP contribution in [0.25, 0.3) is 0 Å². The van der Waals surface area contributed by atoms with Crippen molar-refractivity contribution in [3.63, 3.8) is 0 Å². The van der Waals surface area contributed by atoms with Crippen molar-refractivity contribution in [1.82, 2.24) is 4.90 Å². The third-order valence-corrected chi connectivity index (χ3v) is 5.49. The Labute approximate surface area is 171 Å². The van der Waals surface area contributed by atoms with Crippen LogP contribution in [-0.4, -0.2) is 55.1 Å². The van der Waals surface area contributed by atoms with Gasteiger partial charge in [0, 0.05) is 18.0 Å². The van der Waals surface area contributed by atoms with Gasteiger partial charge in [-0.15, -0.1) is 11.8 Å². The van der Waals surface area contributed by atoms with E-state index in [1.54, 1.807) is 29.8 Å². The molecule has 156 valence electrons. The lowest BCUT2D eigenvalue weighted by atomic mass is 9.92. The van der Waals surface area contributed by atoms with E-state index in [-0.39, 0.29) is 18.2 Å². The van der Waals surface area contributed by atoms with Crippen LogP contribution in [0.5, 0.6) is 5.75 Å². The van der Waals surface area contributed by atoms with Crippen LogP contribution < -0.4 is 4.74 Å². The Morgan fingerprint density at radius 2 is 1.79 bits per heavy atom. The zero-order valence-corrected chi connectivity index (χ0v) is 18.4. The number of carbonyl (C=O) groups excluding carboxylic acids is 2. The van der Waals surface area contributed by atoms with Gasteiger partial charge in [-0.3, -0.25) is 0 Å². The predicted molar refractivity (Wildman–Crippen MR) is 110 cm³/mol. The summed E-state index contributed by atoms with van der Waals surface area (Å²) < 4.78 is 16.5. The summed E-state index contributed by atoms with van der Waals surface area (Å²) in [6, 6.07) is 5.65. The van der Waals surface area contributed by atoms with Crippen LogP contribution in [0, 0.1) is 0 Å². The highest BCUT2D eigenvalue weighted by Gasteiger charge is 2.30. The highest BCUT2D eigenvalue weighted by Crippen LogP contribution is 2.31. The molecule has 1 aromatic rings. The zero-order chi connectivity index (χ0) is 20.9. The number of carbonyl (C=O) groups is 2. The third kappa shape index (κ3) is 6.06. The van der Waals surface area contributed by atoms with Gasteiger partial charge in [0.15, 0.2) is 0 Å². The molecule has 1 aliphatic carbocycles. The summed E-state index contributed by atoms with van der Waals surface area (Å²) in [5, 5.41) is 0. The van der Waals surface area contributed by atoms with E-state index in [0.717, 1.165) is 30.6 Å². The first-order valence-corrected chi connectivity index (χ1v) is 10.8. The Kier molecular flexibility index (Phi) is 7.63. The molecule has 0 spiro atoms. The Balaban J connectivity index is 1.99. The second kappa shape index (κ2) is 9.54. The average molecular weight is 410 g/mol. The van der Waals surface area contributed by atoms with E-state index in [9.17, 15) is 9.59 Å². The summed E-state index contributed by atoms with van der Waals surface area (Å²) >= 11 is 1.59. The van der Waals surface area contributed by atoms with Crippen LogP contribution in [0.3, 0.4) is 0 Å². The summed E-state index contributed by atoms with van der Waals surface area (Å²) in [7, 11) is 3.16. The Hall–Kier alpha value is -1.89. The Morgan fingerprint density at radius 3 is 2.32 bits per heavy atom. The number of rotatable bonds is 5. The van der Waals surface area contributed by atoms with Crippen LogP contribution in [0.15, 0.2) is 23.1 Å². The molecule has 1 aromatic carbocycles. The van der Waals surface area contributed by atoms with E-state index < -0.39 is 11.6 Å². The molecule has 0 radical (unpaired) electrons. The molecule has 0 atom stereocenters. The first-order valence-electron chi connectivity index (χ1n) is 9.53. The van der Waals surface area contributed by atoms with Gasteiger partial charge in [-0.1, -0.05) is 0 Å². The number of methoxy groups -OCH3 is 1. The molecule has 1 fully saturated rings. The van der Waals surface area contributed by atoms with Crippen molar-refractivity contribution in [2.24, 2.45) is 0 Å². The SMILES string of the molecule is COC(=O)c1ccc(SC)cc1O[C@H]1CC[C@@H](N(C)C(=O)OC(C)(C)C)CC1. The van der Waals surface area contributed by atoms with Gasteiger partial charge in [-0.05, 0) is 70.9 Å². The molecule has 0 N–H and O–H groups in total. The largest absolute Gasteiger partial charge is 0.489 e. The lowest BCUT2D eigenvalue weighted by Crippen LogP contribution is -2.43. The number of hydrogen-bond donors (Lipinski definition) is 0. The summed E-state index contributed by atoms with van der Waals surface area (Å²) in [5.41, 5.74) is -0.0635. The molecule has 7 heteroatoms. The average Bonchev–Trinajstić information content (AvgIpc) is 2.66. The minimum absolute atomic E-state index is 0.00352. The molecule has 0 saturated heterocycles. The first kappa shape index (κ1) is 22.4. The van der Waals surface area contributed by atoms with Crippen LogP contribution >= 0.6 is 11.8 Å². The molecule has 28 heavy (non-hydrogen) atoms. The predicted octanol–water partition coefficient (Wildman–Crippen LogP) is 4.75. The number of ether oxygens (including phenoxy) is 3. The monoisotopic (exact) mass is 409 g/mol. The van der Waals surface area contributed by atoms with E-state index >= 15 is 0 Å². The molecule has 6 nitrogen and oxygen atoms in total. The molecular weight excluding hydrogens is 378 g/mol. The second-order valence-electron chi connectivity index (χ2n) is 7.99. The molecule has 0 heterocycles. The van der Waals surface area contributed by atoms with Crippen LogP contribution in [0.2, 0.25) is 0 Å². The van der Waals surface area contributed by atoms with Crippen molar-refractivity contribution in [2.75, 3.05) is 20.4 Å². The maximum atomic E-state index is 12.3. The number of nitrogens with zero attached hydrogens (tertiary/aromatic N) is 1. The lowest BCUT2D eigenvalue weighted by molar-refractivity contribution is 0.0137. The molecule has 1 amide bonds. The molecule has 1 aliphatic rings. The lowest BCUT2D eigenvalue weighted by Gasteiger charge is -2.35. The van der Waals surface area contributed by atoms with Crippen molar-refractivity contribution in [1.29, 1.82) is 0 Å². The Bertz CT molecular complexity index is 693. The van der Waals surface area contributed by atoms with Crippen LogP contribution in [-0.2, 0) is 9.47 Å². The zero-order valence-electron chi connectivity index (χ0n) is 17.6. The minimum Gasteiger partial charge on any atom is -0.489 e. The molecule has 2 rings (SSSR count). The highest BCUT2D eigenvalue weighted by atomic mass is 32.2. The quantitative estimate of drug-likeness (QED) is 0.516. The van der Waals surface area contributed by atoms with Crippen molar-refractivity contribution < 1.29 is 23.8 Å². The van der Waals surface area contributed by atoms with Crippen molar-refractivity contribution in [3.05, 3.63) is 23.8 Å². The van der Waals surface area contributed by atoms with Crippen molar-refractivity contribution >= 4 is 23.8 Å². The minimum atomic E-state index is -0.502. The fraction of sp³-hybridized carbons (Fsp3) is 0.619. The van der Waals surface area contributed by atoms with E-state index in [4.69, 9.17) is 14.2 Å².